The van der Waals surface area contributed by atoms with Crippen molar-refractivity contribution in [2.45, 2.75) is 19.5 Å². The number of H-pyrrole nitrogens is 1. The molecule has 1 aliphatic heterocycles. The lowest BCUT2D eigenvalue weighted by Gasteiger charge is -2.21. The second-order valence-corrected chi connectivity index (χ2v) is 5.33. The fourth-order valence-corrected chi connectivity index (χ4v) is 2.55. The van der Waals surface area contributed by atoms with Crippen LogP contribution in [0.2, 0.25) is 0 Å². The highest BCUT2D eigenvalue weighted by Gasteiger charge is 2.40. The summed E-state index contributed by atoms with van der Waals surface area (Å²) in [5.74, 6) is -1.22. The first-order chi connectivity index (χ1) is 11.1. The zero-order chi connectivity index (χ0) is 16.4. The molecule has 1 aliphatic rings. The third-order valence-electron chi connectivity index (χ3n) is 3.85. The molecule has 2 heterocycles. The van der Waals surface area contributed by atoms with Gasteiger partial charge in [-0.1, -0.05) is 12.1 Å². The second-order valence-electron chi connectivity index (χ2n) is 5.33. The molecule has 1 unspecified atom stereocenters. The van der Waals surface area contributed by atoms with Gasteiger partial charge in [-0.05, 0) is 24.6 Å². The Morgan fingerprint density at radius 2 is 1.65 bits per heavy atom. The lowest BCUT2D eigenvalue weighted by Crippen LogP contribution is -2.47. The minimum absolute atomic E-state index is 0.334. The molecular formula is C17H16N3O3+. The minimum Gasteiger partial charge on any atom is -0.350 e. The molecule has 23 heavy (non-hydrogen) atoms. The number of benzene rings is 1. The van der Waals surface area contributed by atoms with Crippen LogP contribution in [0.5, 0.6) is 0 Å². The predicted molar refractivity (Wildman–Crippen MR) is 81.2 cm³/mol. The summed E-state index contributed by atoms with van der Waals surface area (Å²) in [6.07, 6.45) is 3.52. The van der Waals surface area contributed by atoms with E-state index in [1.54, 1.807) is 43.6 Å². The highest BCUT2D eigenvalue weighted by atomic mass is 16.2. The molecule has 1 aromatic carbocycles. The number of hydrogen-bond acceptors (Lipinski definition) is 3. The molecule has 0 saturated carbocycles. The maximum atomic E-state index is 12.3. The number of amides is 3. The average molecular weight is 310 g/mol. The number of hydrogen-bond donors (Lipinski definition) is 1. The molecule has 6 heteroatoms. The van der Waals surface area contributed by atoms with Crippen molar-refractivity contribution in [3.8, 4) is 0 Å². The molecule has 0 bridgehead atoms. The van der Waals surface area contributed by atoms with Crippen LogP contribution in [0.4, 0.5) is 0 Å². The number of carbonyl (C=O) groups excluding carboxylic acids is 3. The quantitative estimate of drug-likeness (QED) is 0.848. The molecule has 6 nitrogen and oxygen atoms in total. The van der Waals surface area contributed by atoms with Crippen LogP contribution in [-0.2, 0) is 11.3 Å². The number of rotatable bonds is 4. The Labute approximate surface area is 133 Å². The first-order valence-electron chi connectivity index (χ1n) is 7.29. The molecular weight excluding hydrogens is 294 g/mol. The van der Waals surface area contributed by atoms with E-state index in [0.29, 0.717) is 17.7 Å². The van der Waals surface area contributed by atoms with E-state index in [1.807, 2.05) is 12.1 Å². The van der Waals surface area contributed by atoms with E-state index < -0.39 is 17.9 Å². The van der Waals surface area contributed by atoms with Gasteiger partial charge in [-0.25, -0.2) is 4.98 Å². The first-order valence-corrected chi connectivity index (χ1v) is 7.29. The van der Waals surface area contributed by atoms with Gasteiger partial charge in [0.05, 0.1) is 11.1 Å². The molecule has 1 aromatic heterocycles. The van der Waals surface area contributed by atoms with Gasteiger partial charge in [0, 0.05) is 18.7 Å². The van der Waals surface area contributed by atoms with Crippen LogP contribution in [0.1, 0.15) is 33.2 Å². The number of nitrogens with one attached hydrogen (secondary N) is 2. The van der Waals surface area contributed by atoms with Gasteiger partial charge in [-0.3, -0.25) is 19.3 Å². The molecule has 0 spiro atoms. The average Bonchev–Trinajstić information content (AvgIpc) is 2.84. The third-order valence-corrected chi connectivity index (χ3v) is 3.85. The van der Waals surface area contributed by atoms with E-state index in [0.717, 1.165) is 10.5 Å². The summed E-state index contributed by atoms with van der Waals surface area (Å²) in [4.78, 5) is 40.9. The number of fused-ring (bicyclic) bond motifs is 1. The van der Waals surface area contributed by atoms with E-state index in [2.05, 4.69) is 10.3 Å². The largest absolute Gasteiger partial charge is 0.350 e. The fourth-order valence-electron chi connectivity index (χ4n) is 2.55. The van der Waals surface area contributed by atoms with E-state index in [-0.39, 0.29) is 5.91 Å². The number of imide groups is 1. The van der Waals surface area contributed by atoms with E-state index in [4.69, 9.17) is 0 Å². The molecule has 0 radical (unpaired) electrons. The van der Waals surface area contributed by atoms with Gasteiger partial charge in [-0.15, -0.1) is 0 Å². The van der Waals surface area contributed by atoms with Crippen LogP contribution in [0.25, 0.3) is 0 Å². The molecule has 0 saturated heterocycles. The number of nitrogens with zero attached hydrogens (tertiary/aromatic N) is 1. The number of aromatic nitrogens is 1. The standard InChI is InChI=1S/C17H15N3O3/c1-11(15(21)19-10-12-6-8-18-9-7-12)20-16(22)13-4-2-3-5-14(13)17(20)23/h2-9,11H,10H2,1H3,(H,19,21)/p+1. The van der Waals surface area contributed by atoms with Gasteiger partial charge in [0.2, 0.25) is 5.91 Å². The van der Waals surface area contributed by atoms with Gasteiger partial charge in [0.25, 0.3) is 11.8 Å². The fraction of sp³-hybridized carbons (Fsp3) is 0.176. The molecule has 1 atom stereocenters. The normalized spacial score (nSPS) is 14.6. The van der Waals surface area contributed by atoms with Crippen LogP contribution >= 0.6 is 0 Å². The van der Waals surface area contributed by atoms with Crippen molar-refractivity contribution in [2.24, 2.45) is 0 Å². The Kier molecular flexibility index (Phi) is 3.89. The molecule has 3 amide bonds. The predicted octanol–water partition coefficient (Wildman–Crippen LogP) is 0.802. The van der Waals surface area contributed by atoms with Gasteiger partial charge in [0.1, 0.15) is 6.04 Å². The topological polar surface area (TPSA) is 80.6 Å². The molecule has 3 rings (SSSR count). The summed E-state index contributed by atoms with van der Waals surface area (Å²) < 4.78 is 0. The van der Waals surface area contributed by atoms with Crippen LogP contribution in [0.15, 0.2) is 48.8 Å². The number of pyridine rings is 1. The highest BCUT2D eigenvalue weighted by molar-refractivity contribution is 6.22. The summed E-state index contributed by atoms with van der Waals surface area (Å²) >= 11 is 0. The summed E-state index contributed by atoms with van der Waals surface area (Å²) in [5.41, 5.74) is 1.61. The maximum Gasteiger partial charge on any atom is 0.262 e. The van der Waals surface area contributed by atoms with Crippen molar-refractivity contribution in [3.63, 3.8) is 0 Å². The van der Waals surface area contributed by atoms with Gasteiger partial charge < -0.3 is 5.32 Å². The van der Waals surface area contributed by atoms with Crippen LogP contribution in [-0.4, -0.2) is 28.7 Å². The van der Waals surface area contributed by atoms with Crippen molar-refractivity contribution in [1.82, 2.24) is 10.2 Å². The highest BCUT2D eigenvalue weighted by Crippen LogP contribution is 2.24. The van der Waals surface area contributed by atoms with Gasteiger partial charge >= 0.3 is 0 Å². The lowest BCUT2D eigenvalue weighted by molar-refractivity contribution is -0.378. The van der Waals surface area contributed by atoms with Crippen LogP contribution in [0, 0.1) is 0 Å². The maximum absolute atomic E-state index is 12.3. The Morgan fingerprint density at radius 1 is 1.09 bits per heavy atom. The Bertz CT molecular complexity index is 739. The second kappa shape index (κ2) is 6.00. The first kappa shape index (κ1) is 14.9. The summed E-state index contributed by atoms with van der Waals surface area (Å²) in [5, 5.41) is 2.74. The van der Waals surface area contributed by atoms with E-state index >= 15 is 0 Å². The monoisotopic (exact) mass is 310 g/mol. The number of carbonyl (C=O) groups is 3. The van der Waals surface area contributed by atoms with E-state index in [1.165, 1.54) is 0 Å². The minimum atomic E-state index is -0.863. The SMILES string of the molecule is CC(C(=O)NCc1cc[nH+]cc1)N1C(=O)c2ccccc2C1=O. The summed E-state index contributed by atoms with van der Waals surface area (Å²) in [6, 6.07) is 9.41. The zero-order valence-electron chi connectivity index (χ0n) is 12.6. The Morgan fingerprint density at radius 3 is 2.22 bits per heavy atom. The lowest BCUT2D eigenvalue weighted by atomic mass is 10.1. The van der Waals surface area contributed by atoms with Crippen molar-refractivity contribution in [3.05, 3.63) is 65.5 Å². The summed E-state index contributed by atoms with van der Waals surface area (Å²) in [6.45, 7) is 1.89. The van der Waals surface area contributed by atoms with Gasteiger partial charge in [-0.2, -0.15) is 0 Å². The van der Waals surface area contributed by atoms with E-state index in [9.17, 15) is 14.4 Å². The van der Waals surface area contributed by atoms with Crippen molar-refractivity contribution >= 4 is 17.7 Å². The Balaban J connectivity index is 1.71. The third kappa shape index (κ3) is 2.70. The Hall–Kier alpha value is -3.02. The van der Waals surface area contributed by atoms with Gasteiger partial charge in [0.15, 0.2) is 12.4 Å². The van der Waals surface area contributed by atoms with Crippen molar-refractivity contribution in [1.29, 1.82) is 0 Å². The zero-order valence-corrected chi connectivity index (χ0v) is 12.6. The molecule has 2 aromatic rings. The molecule has 2 N–H and O–H groups in total. The smallest absolute Gasteiger partial charge is 0.262 e. The number of aromatic amines is 1. The molecule has 116 valence electrons. The molecule has 0 aliphatic carbocycles. The molecule has 0 fully saturated rings. The van der Waals surface area contributed by atoms with Crippen LogP contribution in [0.3, 0.4) is 0 Å². The van der Waals surface area contributed by atoms with Crippen LogP contribution < -0.4 is 10.3 Å². The van der Waals surface area contributed by atoms with Crippen molar-refractivity contribution in [2.75, 3.05) is 0 Å². The summed E-state index contributed by atoms with van der Waals surface area (Å²) in [7, 11) is 0. The van der Waals surface area contributed by atoms with Crippen molar-refractivity contribution < 1.29 is 19.4 Å².